The predicted molar refractivity (Wildman–Crippen MR) is 78.3 cm³/mol. The lowest BCUT2D eigenvalue weighted by molar-refractivity contribution is 0.0973. The summed E-state index contributed by atoms with van der Waals surface area (Å²) in [4.78, 5) is 4.59. The first-order valence-corrected chi connectivity index (χ1v) is 7.63. The summed E-state index contributed by atoms with van der Waals surface area (Å²) in [7, 11) is 0. The van der Waals surface area contributed by atoms with Crippen LogP contribution in [0.15, 0.2) is 18.2 Å². The molecule has 0 amide bonds. The van der Waals surface area contributed by atoms with E-state index in [0.29, 0.717) is 12.0 Å². The summed E-state index contributed by atoms with van der Waals surface area (Å²) in [5.41, 5.74) is 1.06. The molecule has 3 nitrogen and oxygen atoms in total. The van der Waals surface area contributed by atoms with Gasteiger partial charge >= 0.3 is 0 Å². The van der Waals surface area contributed by atoms with E-state index in [9.17, 15) is 0 Å². The third kappa shape index (κ3) is 4.50. The standard InChI is InChI=1S/C16H26N2O/c1-3-11-17-12-14-8-6-10-16(18-14)19-15-9-5-4-7-13(15)2/h6,8,10,13,15,17H,3-5,7,9,11-12H2,1-2H3. The van der Waals surface area contributed by atoms with Crippen LogP contribution in [0.1, 0.15) is 51.6 Å². The molecule has 19 heavy (non-hydrogen) atoms. The summed E-state index contributed by atoms with van der Waals surface area (Å²) in [6.07, 6.45) is 6.57. The van der Waals surface area contributed by atoms with Gasteiger partial charge in [0, 0.05) is 12.6 Å². The summed E-state index contributed by atoms with van der Waals surface area (Å²) >= 11 is 0. The Kier molecular flexibility index (Phi) is 5.64. The molecule has 0 bridgehead atoms. The van der Waals surface area contributed by atoms with Crippen molar-refractivity contribution in [3.63, 3.8) is 0 Å². The summed E-state index contributed by atoms with van der Waals surface area (Å²) in [5, 5.41) is 3.37. The van der Waals surface area contributed by atoms with Crippen molar-refractivity contribution in [3.8, 4) is 5.88 Å². The van der Waals surface area contributed by atoms with Crippen LogP contribution in [0.2, 0.25) is 0 Å². The van der Waals surface area contributed by atoms with Gasteiger partial charge in [-0.3, -0.25) is 0 Å². The number of pyridine rings is 1. The summed E-state index contributed by atoms with van der Waals surface area (Å²) in [5.74, 6) is 1.44. The van der Waals surface area contributed by atoms with Crippen LogP contribution in [0.25, 0.3) is 0 Å². The fraction of sp³-hybridized carbons (Fsp3) is 0.688. The number of rotatable bonds is 6. The number of ether oxygens (including phenoxy) is 1. The number of hydrogen-bond acceptors (Lipinski definition) is 3. The summed E-state index contributed by atoms with van der Waals surface area (Å²) in [6, 6.07) is 6.07. The van der Waals surface area contributed by atoms with Crippen molar-refractivity contribution < 1.29 is 4.74 Å². The maximum absolute atomic E-state index is 6.08. The first-order valence-electron chi connectivity index (χ1n) is 7.63. The van der Waals surface area contributed by atoms with Crippen LogP contribution >= 0.6 is 0 Å². The van der Waals surface area contributed by atoms with Gasteiger partial charge in [-0.1, -0.05) is 26.3 Å². The minimum Gasteiger partial charge on any atom is -0.474 e. The van der Waals surface area contributed by atoms with Gasteiger partial charge in [0.2, 0.25) is 5.88 Å². The molecule has 1 N–H and O–H groups in total. The molecule has 0 saturated heterocycles. The van der Waals surface area contributed by atoms with Crippen molar-refractivity contribution in [1.29, 1.82) is 0 Å². The minimum atomic E-state index is 0.347. The Bertz CT molecular complexity index is 381. The van der Waals surface area contributed by atoms with Gasteiger partial charge in [0.05, 0.1) is 5.69 Å². The molecule has 1 aliphatic carbocycles. The Labute approximate surface area is 116 Å². The highest BCUT2D eigenvalue weighted by Gasteiger charge is 2.23. The second kappa shape index (κ2) is 7.49. The highest BCUT2D eigenvalue weighted by molar-refractivity contribution is 5.16. The van der Waals surface area contributed by atoms with E-state index in [-0.39, 0.29) is 0 Å². The normalized spacial score (nSPS) is 23.3. The molecule has 1 aromatic rings. The molecule has 106 valence electrons. The second-order valence-electron chi connectivity index (χ2n) is 5.56. The molecular formula is C16H26N2O. The van der Waals surface area contributed by atoms with E-state index in [2.05, 4.69) is 30.2 Å². The smallest absolute Gasteiger partial charge is 0.213 e. The van der Waals surface area contributed by atoms with Gasteiger partial charge in [-0.15, -0.1) is 0 Å². The molecular weight excluding hydrogens is 236 g/mol. The maximum Gasteiger partial charge on any atom is 0.213 e. The topological polar surface area (TPSA) is 34.1 Å². The molecule has 0 radical (unpaired) electrons. The third-order valence-corrected chi connectivity index (χ3v) is 3.82. The maximum atomic E-state index is 6.08. The highest BCUT2D eigenvalue weighted by Crippen LogP contribution is 2.27. The van der Waals surface area contributed by atoms with Gasteiger partial charge in [0.15, 0.2) is 0 Å². The van der Waals surface area contributed by atoms with Crippen LogP contribution < -0.4 is 10.1 Å². The molecule has 0 aliphatic heterocycles. The van der Waals surface area contributed by atoms with Gasteiger partial charge in [-0.2, -0.15) is 0 Å². The van der Waals surface area contributed by atoms with Crippen molar-refractivity contribution in [2.45, 2.75) is 58.6 Å². The molecule has 1 saturated carbocycles. The van der Waals surface area contributed by atoms with E-state index >= 15 is 0 Å². The van der Waals surface area contributed by atoms with E-state index in [0.717, 1.165) is 31.1 Å². The van der Waals surface area contributed by atoms with Crippen molar-refractivity contribution in [1.82, 2.24) is 10.3 Å². The largest absolute Gasteiger partial charge is 0.474 e. The van der Waals surface area contributed by atoms with Crippen molar-refractivity contribution in [2.75, 3.05) is 6.54 Å². The number of nitrogens with zero attached hydrogens (tertiary/aromatic N) is 1. The van der Waals surface area contributed by atoms with Crippen LogP contribution in [0.3, 0.4) is 0 Å². The number of nitrogens with one attached hydrogen (secondary N) is 1. The summed E-state index contributed by atoms with van der Waals surface area (Å²) < 4.78 is 6.08. The van der Waals surface area contributed by atoms with E-state index in [4.69, 9.17) is 4.74 Å². The van der Waals surface area contributed by atoms with Crippen LogP contribution in [0.4, 0.5) is 0 Å². The average Bonchev–Trinajstić information content (AvgIpc) is 2.42. The first kappa shape index (κ1) is 14.3. The fourth-order valence-corrected chi connectivity index (χ4v) is 2.63. The molecule has 0 spiro atoms. The lowest BCUT2D eigenvalue weighted by Gasteiger charge is -2.28. The van der Waals surface area contributed by atoms with E-state index < -0.39 is 0 Å². The van der Waals surface area contributed by atoms with Crippen LogP contribution in [-0.2, 0) is 6.54 Å². The zero-order valence-electron chi connectivity index (χ0n) is 12.2. The molecule has 2 atom stereocenters. The monoisotopic (exact) mass is 262 g/mol. The van der Waals surface area contributed by atoms with Crippen molar-refractivity contribution in [3.05, 3.63) is 23.9 Å². The lowest BCUT2D eigenvalue weighted by Crippen LogP contribution is -2.28. The van der Waals surface area contributed by atoms with E-state index in [1.54, 1.807) is 0 Å². The van der Waals surface area contributed by atoms with Crippen LogP contribution in [0, 0.1) is 5.92 Å². The predicted octanol–water partition coefficient (Wildman–Crippen LogP) is 3.54. The Morgan fingerprint density at radius 3 is 2.95 bits per heavy atom. The zero-order valence-corrected chi connectivity index (χ0v) is 12.2. The molecule has 2 unspecified atom stereocenters. The first-order chi connectivity index (χ1) is 9.29. The second-order valence-corrected chi connectivity index (χ2v) is 5.56. The van der Waals surface area contributed by atoms with Crippen molar-refractivity contribution >= 4 is 0 Å². The zero-order chi connectivity index (χ0) is 13.5. The SMILES string of the molecule is CCCNCc1cccc(OC2CCCCC2C)n1. The Morgan fingerprint density at radius 1 is 1.32 bits per heavy atom. The van der Waals surface area contributed by atoms with E-state index in [1.165, 1.54) is 25.7 Å². The Morgan fingerprint density at radius 2 is 2.16 bits per heavy atom. The third-order valence-electron chi connectivity index (χ3n) is 3.82. The molecule has 1 aromatic heterocycles. The van der Waals surface area contributed by atoms with Crippen LogP contribution in [-0.4, -0.2) is 17.6 Å². The quantitative estimate of drug-likeness (QED) is 0.796. The molecule has 3 heteroatoms. The number of hydrogen-bond donors (Lipinski definition) is 1. The molecule has 1 aliphatic rings. The van der Waals surface area contributed by atoms with Crippen molar-refractivity contribution in [2.24, 2.45) is 5.92 Å². The van der Waals surface area contributed by atoms with Gasteiger partial charge < -0.3 is 10.1 Å². The van der Waals surface area contributed by atoms with Gasteiger partial charge in [0.25, 0.3) is 0 Å². The molecule has 2 rings (SSSR count). The molecule has 1 fully saturated rings. The van der Waals surface area contributed by atoms with E-state index in [1.807, 2.05) is 12.1 Å². The Hall–Kier alpha value is -1.09. The van der Waals surface area contributed by atoms with Gasteiger partial charge in [-0.25, -0.2) is 4.98 Å². The Balaban J connectivity index is 1.90. The summed E-state index contributed by atoms with van der Waals surface area (Å²) in [6.45, 7) is 6.32. The minimum absolute atomic E-state index is 0.347. The fourth-order valence-electron chi connectivity index (χ4n) is 2.63. The lowest BCUT2D eigenvalue weighted by atomic mass is 9.88. The van der Waals surface area contributed by atoms with Crippen LogP contribution in [0.5, 0.6) is 5.88 Å². The highest BCUT2D eigenvalue weighted by atomic mass is 16.5. The van der Waals surface area contributed by atoms with Gasteiger partial charge in [0.1, 0.15) is 6.10 Å². The average molecular weight is 262 g/mol. The molecule has 1 heterocycles. The molecule has 0 aromatic carbocycles. The number of aromatic nitrogens is 1. The van der Waals surface area contributed by atoms with Gasteiger partial charge in [-0.05, 0) is 44.2 Å².